The van der Waals surface area contributed by atoms with Gasteiger partial charge in [-0.1, -0.05) is 12.1 Å². The zero-order valence-corrected chi connectivity index (χ0v) is 14.7. The predicted octanol–water partition coefficient (Wildman–Crippen LogP) is 2.13. The highest BCUT2D eigenvalue weighted by atomic mass is 16.1. The fourth-order valence-electron chi connectivity index (χ4n) is 3.90. The van der Waals surface area contributed by atoms with Crippen LogP contribution >= 0.6 is 0 Å². The zero-order chi connectivity index (χ0) is 17.4. The molecular weight excluding hydrogens is 314 g/mol. The molecule has 0 spiro atoms. The maximum Gasteiger partial charge on any atom is 0.262 e. The van der Waals surface area contributed by atoms with Crippen LogP contribution in [0.1, 0.15) is 30.5 Å². The number of hydrogen-bond donors (Lipinski definition) is 2. The van der Waals surface area contributed by atoms with E-state index in [1.165, 1.54) is 18.4 Å². The van der Waals surface area contributed by atoms with E-state index in [4.69, 9.17) is 5.73 Å². The van der Waals surface area contributed by atoms with Crippen LogP contribution in [0.3, 0.4) is 0 Å². The van der Waals surface area contributed by atoms with E-state index in [0.717, 1.165) is 48.2 Å². The fraction of sp³-hybridized carbons (Fsp3) is 0.474. The van der Waals surface area contributed by atoms with Crippen molar-refractivity contribution in [3.8, 4) is 0 Å². The number of nitrogens with zero attached hydrogens (tertiary/aromatic N) is 3. The number of fused-ring (bicyclic) bond motifs is 3. The van der Waals surface area contributed by atoms with Crippen molar-refractivity contribution in [1.29, 1.82) is 0 Å². The minimum atomic E-state index is 0.0283. The molecule has 1 aromatic carbocycles. The molecule has 0 radical (unpaired) electrons. The maximum atomic E-state index is 13.0. The van der Waals surface area contributed by atoms with Gasteiger partial charge in [0.15, 0.2) is 0 Å². The van der Waals surface area contributed by atoms with Gasteiger partial charge in [0.25, 0.3) is 5.56 Å². The maximum absolute atomic E-state index is 13.0. The van der Waals surface area contributed by atoms with E-state index >= 15 is 0 Å². The summed E-state index contributed by atoms with van der Waals surface area (Å²) in [5.41, 5.74) is 9.53. The van der Waals surface area contributed by atoms with Crippen LogP contribution in [-0.4, -0.2) is 39.3 Å². The topological polar surface area (TPSA) is 79.9 Å². The normalized spacial score (nSPS) is 15.6. The molecule has 3 N–H and O–H groups in total. The monoisotopic (exact) mass is 339 g/mol. The number of likely N-dealkylation sites (tertiary alicyclic amines) is 1. The second kappa shape index (κ2) is 6.61. The number of benzene rings is 1. The van der Waals surface area contributed by atoms with Crippen LogP contribution in [0.2, 0.25) is 0 Å². The number of rotatable bonds is 5. The van der Waals surface area contributed by atoms with Crippen LogP contribution in [0.4, 0.5) is 0 Å². The van der Waals surface area contributed by atoms with E-state index in [0.29, 0.717) is 18.5 Å². The number of hydrogen-bond acceptors (Lipinski definition) is 4. The van der Waals surface area contributed by atoms with Crippen molar-refractivity contribution in [1.82, 2.24) is 19.7 Å². The van der Waals surface area contributed by atoms with Gasteiger partial charge >= 0.3 is 0 Å². The standard InChI is InChI=1S/C19H25N5O/c1-13-17-18(22-21-13)15-6-5-14(12-23-8-2-3-9-23)11-16(15)24(19(17)25)10-4-7-20/h5-6,11H,2-4,7-10,12,20H2,1H3,(H,21,22). The van der Waals surface area contributed by atoms with Crippen LogP contribution in [0, 0.1) is 6.92 Å². The third-order valence-electron chi connectivity index (χ3n) is 5.20. The SMILES string of the molecule is Cc1[nH]nc2c1c(=O)n(CCCN)c1cc(CN3CCCC3)ccc21. The number of aryl methyl sites for hydroxylation is 2. The van der Waals surface area contributed by atoms with E-state index in [1.807, 2.05) is 11.5 Å². The first-order valence-electron chi connectivity index (χ1n) is 9.11. The van der Waals surface area contributed by atoms with Gasteiger partial charge in [-0.3, -0.25) is 14.8 Å². The van der Waals surface area contributed by atoms with Gasteiger partial charge in [-0.2, -0.15) is 5.10 Å². The second-order valence-corrected chi connectivity index (χ2v) is 7.01. The predicted molar refractivity (Wildman–Crippen MR) is 101 cm³/mol. The van der Waals surface area contributed by atoms with Gasteiger partial charge < -0.3 is 10.3 Å². The van der Waals surface area contributed by atoms with Crippen molar-refractivity contribution in [2.24, 2.45) is 5.73 Å². The summed E-state index contributed by atoms with van der Waals surface area (Å²) >= 11 is 0. The number of pyridine rings is 1. The molecule has 2 aromatic heterocycles. The molecule has 1 aliphatic rings. The second-order valence-electron chi connectivity index (χ2n) is 7.01. The summed E-state index contributed by atoms with van der Waals surface area (Å²) in [6.07, 6.45) is 3.34. The molecule has 132 valence electrons. The van der Waals surface area contributed by atoms with Crippen molar-refractivity contribution in [2.75, 3.05) is 19.6 Å². The summed E-state index contributed by atoms with van der Waals surface area (Å²) < 4.78 is 1.88. The lowest BCUT2D eigenvalue weighted by Crippen LogP contribution is -2.23. The summed E-state index contributed by atoms with van der Waals surface area (Å²) in [6.45, 7) is 6.38. The molecule has 4 rings (SSSR count). The van der Waals surface area contributed by atoms with Crippen molar-refractivity contribution < 1.29 is 0 Å². The molecule has 6 nitrogen and oxygen atoms in total. The molecule has 3 aromatic rings. The molecule has 6 heteroatoms. The van der Waals surface area contributed by atoms with Gasteiger partial charge in [0.05, 0.1) is 10.9 Å². The fourth-order valence-corrected chi connectivity index (χ4v) is 3.90. The number of aromatic amines is 1. The minimum Gasteiger partial charge on any atom is -0.330 e. The summed E-state index contributed by atoms with van der Waals surface area (Å²) in [5, 5.41) is 9.08. The molecule has 1 aliphatic heterocycles. The van der Waals surface area contributed by atoms with Crippen LogP contribution in [0.25, 0.3) is 21.8 Å². The van der Waals surface area contributed by atoms with Crippen LogP contribution in [0.15, 0.2) is 23.0 Å². The Bertz CT molecular complexity index is 965. The Hall–Kier alpha value is -2.18. The third kappa shape index (κ3) is 2.85. The Balaban J connectivity index is 1.89. The van der Waals surface area contributed by atoms with Gasteiger partial charge in [0.2, 0.25) is 0 Å². The van der Waals surface area contributed by atoms with Gasteiger partial charge in [-0.25, -0.2) is 0 Å². The highest BCUT2D eigenvalue weighted by Crippen LogP contribution is 2.25. The Morgan fingerprint density at radius 3 is 2.84 bits per heavy atom. The van der Waals surface area contributed by atoms with Crippen molar-refractivity contribution in [3.05, 3.63) is 39.8 Å². The molecule has 25 heavy (non-hydrogen) atoms. The summed E-state index contributed by atoms with van der Waals surface area (Å²) in [7, 11) is 0. The van der Waals surface area contributed by atoms with Gasteiger partial charge in [0, 0.05) is 24.2 Å². The number of H-pyrrole nitrogens is 1. The van der Waals surface area contributed by atoms with Crippen molar-refractivity contribution >= 4 is 21.8 Å². The van der Waals surface area contributed by atoms with E-state index < -0.39 is 0 Å². The molecule has 0 saturated carbocycles. The molecule has 0 aliphatic carbocycles. The average molecular weight is 339 g/mol. The van der Waals surface area contributed by atoms with Gasteiger partial charge in [-0.15, -0.1) is 0 Å². The Morgan fingerprint density at radius 1 is 1.28 bits per heavy atom. The third-order valence-corrected chi connectivity index (χ3v) is 5.20. The average Bonchev–Trinajstić information content (AvgIpc) is 3.25. The smallest absolute Gasteiger partial charge is 0.262 e. The Kier molecular flexibility index (Phi) is 4.31. The van der Waals surface area contributed by atoms with Gasteiger partial charge in [0.1, 0.15) is 5.52 Å². The lowest BCUT2D eigenvalue weighted by Gasteiger charge is -2.16. The largest absolute Gasteiger partial charge is 0.330 e. The molecular formula is C19H25N5O. The lowest BCUT2D eigenvalue weighted by atomic mass is 10.1. The number of nitrogens with one attached hydrogen (secondary N) is 1. The van der Waals surface area contributed by atoms with Crippen LogP contribution in [0.5, 0.6) is 0 Å². The summed E-state index contributed by atoms with van der Waals surface area (Å²) in [5.74, 6) is 0. The zero-order valence-electron chi connectivity index (χ0n) is 14.7. The molecule has 0 amide bonds. The van der Waals surface area contributed by atoms with E-state index in [-0.39, 0.29) is 5.56 Å². The first kappa shape index (κ1) is 16.3. The van der Waals surface area contributed by atoms with Crippen molar-refractivity contribution in [2.45, 2.75) is 39.3 Å². The molecule has 1 fully saturated rings. The molecule has 0 bridgehead atoms. The van der Waals surface area contributed by atoms with E-state index in [2.05, 4.69) is 33.3 Å². The van der Waals surface area contributed by atoms with Crippen molar-refractivity contribution in [3.63, 3.8) is 0 Å². The first-order valence-corrected chi connectivity index (χ1v) is 9.11. The Morgan fingerprint density at radius 2 is 2.08 bits per heavy atom. The molecule has 0 atom stereocenters. The van der Waals surface area contributed by atoms with Gasteiger partial charge in [-0.05, 0) is 57.5 Å². The lowest BCUT2D eigenvalue weighted by molar-refractivity contribution is 0.331. The quantitative estimate of drug-likeness (QED) is 0.746. The number of nitrogens with two attached hydrogens (primary N) is 1. The highest BCUT2D eigenvalue weighted by molar-refractivity contribution is 6.04. The summed E-state index contributed by atoms with van der Waals surface area (Å²) in [4.78, 5) is 15.5. The van der Waals surface area contributed by atoms with Crippen LogP contribution in [-0.2, 0) is 13.1 Å². The summed E-state index contributed by atoms with van der Waals surface area (Å²) in [6, 6.07) is 6.44. The molecule has 1 saturated heterocycles. The van der Waals surface area contributed by atoms with Crippen LogP contribution < -0.4 is 11.3 Å². The molecule has 3 heterocycles. The minimum absolute atomic E-state index is 0.0283. The highest BCUT2D eigenvalue weighted by Gasteiger charge is 2.17. The van der Waals surface area contributed by atoms with E-state index in [1.54, 1.807) is 0 Å². The first-order chi connectivity index (χ1) is 12.2. The van der Waals surface area contributed by atoms with E-state index in [9.17, 15) is 4.79 Å². The molecule has 0 unspecified atom stereocenters. The Labute approximate surface area is 146 Å². The number of aromatic nitrogens is 3.